The average molecular weight is 277 g/mol. The van der Waals surface area contributed by atoms with Crippen LogP contribution in [0.5, 0.6) is 0 Å². The van der Waals surface area contributed by atoms with Crippen molar-refractivity contribution in [2.75, 3.05) is 19.5 Å². The van der Waals surface area contributed by atoms with E-state index in [9.17, 15) is 14.8 Å². The molecule has 0 atom stereocenters. The number of aromatic nitrogens is 2. The number of carbonyl (C=O) groups is 2. The molecular weight excluding hydrogens is 268 g/mol. The third kappa shape index (κ3) is 3.35. The number of amides is 2. The highest BCUT2D eigenvalue weighted by Gasteiger charge is 2.10. The van der Waals surface area contributed by atoms with Crippen LogP contribution in [0.3, 0.4) is 0 Å². The van der Waals surface area contributed by atoms with Crippen molar-refractivity contribution in [1.29, 1.82) is 0 Å². The molecule has 2 amide bonds. The maximum absolute atomic E-state index is 11.0. The van der Waals surface area contributed by atoms with Gasteiger partial charge in [0.05, 0.1) is 14.2 Å². The highest BCUT2D eigenvalue weighted by atomic mass is 35.5. The quantitative estimate of drug-likeness (QED) is 0.574. The SMILES string of the molecule is COC(=O)N=c1nc(Cl)cc(NC(=O)OC)n1O. The van der Waals surface area contributed by atoms with E-state index in [-0.39, 0.29) is 11.0 Å². The standard InChI is InChI=1S/C8H9ClN4O5/c1-17-7(14)11-5-3-4(9)10-6(13(5)16)12-8(15)18-2/h3,16H,1-2H3,(H,11,14). The number of ether oxygens (including phenoxy) is 2. The summed E-state index contributed by atoms with van der Waals surface area (Å²) in [6, 6.07) is 1.13. The Morgan fingerprint density at radius 1 is 1.50 bits per heavy atom. The zero-order chi connectivity index (χ0) is 13.7. The van der Waals surface area contributed by atoms with Crippen LogP contribution in [-0.4, -0.2) is 41.3 Å². The fraction of sp³-hybridized carbons (Fsp3) is 0.250. The van der Waals surface area contributed by atoms with Gasteiger partial charge in [-0.2, -0.15) is 4.98 Å². The van der Waals surface area contributed by atoms with Gasteiger partial charge in [-0.25, -0.2) is 9.59 Å². The fourth-order valence-electron chi connectivity index (χ4n) is 0.901. The number of anilines is 1. The largest absolute Gasteiger partial charge is 0.453 e. The molecule has 98 valence electrons. The van der Waals surface area contributed by atoms with Gasteiger partial charge in [-0.15, -0.1) is 9.72 Å². The van der Waals surface area contributed by atoms with Gasteiger partial charge < -0.3 is 14.7 Å². The minimum absolute atomic E-state index is 0.102. The minimum Gasteiger partial charge on any atom is -0.453 e. The average Bonchev–Trinajstić information content (AvgIpc) is 2.34. The Morgan fingerprint density at radius 3 is 2.72 bits per heavy atom. The van der Waals surface area contributed by atoms with Crippen molar-refractivity contribution in [1.82, 2.24) is 9.71 Å². The maximum Gasteiger partial charge on any atom is 0.436 e. The molecule has 0 saturated carbocycles. The number of nitrogens with one attached hydrogen (secondary N) is 1. The first-order valence-electron chi connectivity index (χ1n) is 4.44. The van der Waals surface area contributed by atoms with Crippen molar-refractivity contribution < 1.29 is 24.3 Å². The molecule has 0 bridgehead atoms. The zero-order valence-corrected chi connectivity index (χ0v) is 10.1. The van der Waals surface area contributed by atoms with Gasteiger partial charge in [0.1, 0.15) is 5.15 Å². The van der Waals surface area contributed by atoms with Crippen molar-refractivity contribution in [2.45, 2.75) is 0 Å². The molecule has 1 aromatic heterocycles. The second kappa shape index (κ2) is 5.87. The third-order valence-corrected chi connectivity index (χ3v) is 1.86. The summed E-state index contributed by atoms with van der Waals surface area (Å²) in [5, 5.41) is 11.7. The number of rotatable bonds is 1. The molecule has 0 aliphatic heterocycles. The monoisotopic (exact) mass is 276 g/mol. The second-order valence-electron chi connectivity index (χ2n) is 2.77. The van der Waals surface area contributed by atoms with E-state index in [0.29, 0.717) is 4.73 Å². The van der Waals surface area contributed by atoms with E-state index in [4.69, 9.17) is 11.6 Å². The summed E-state index contributed by atoms with van der Waals surface area (Å²) < 4.78 is 8.94. The van der Waals surface area contributed by atoms with Crippen LogP contribution in [0.25, 0.3) is 0 Å². The van der Waals surface area contributed by atoms with Crippen LogP contribution in [0.1, 0.15) is 0 Å². The summed E-state index contributed by atoms with van der Waals surface area (Å²) in [7, 11) is 2.24. The molecule has 0 saturated heterocycles. The van der Waals surface area contributed by atoms with Crippen molar-refractivity contribution in [3.8, 4) is 0 Å². The van der Waals surface area contributed by atoms with E-state index in [0.717, 1.165) is 20.3 Å². The smallest absolute Gasteiger partial charge is 0.436 e. The first-order chi connectivity index (χ1) is 8.47. The van der Waals surface area contributed by atoms with E-state index in [1.165, 1.54) is 0 Å². The summed E-state index contributed by atoms with van der Waals surface area (Å²) in [6.45, 7) is 0. The number of hydrogen-bond acceptors (Lipinski definition) is 6. The van der Waals surface area contributed by atoms with Gasteiger partial charge in [0.25, 0.3) is 5.62 Å². The van der Waals surface area contributed by atoms with Gasteiger partial charge in [-0.1, -0.05) is 11.6 Å². The molecule has 0 radical (unpaired) electrons. The van der Waals surface area contributed by atoms with Crippen LogP contribution in [0, 0.1) is 0 Å². The first-order valence-corrected chi connectivity index (χ1v) is 4.82. The van der Waals surface area contributed by atoms with Crippen LogP contribution in [-0.2, 0) is 9.47 Å². The highest BCUT2D eigenvalue weighted by molar-refractivity contribution is 6.29. The molecule has 1 rings (SSSR count). The van der Waals surface area contributed by atoms with Crippen LogP contribution in [0.4, 0.5) is 15.4 Å². The summed E-state index contributed by atoms with van der Waals surface area (Å²) in [5.74, 6) is -0.176. The lowest BCUT2D eigenvalue weighted by molar-refractivity contribution is 0.160. The Balaban J connectivity index is 3.26. The maximum atomic E-state index is 11.0. The molecule has 1 aromatic rings. The van der Waals surface area contributed by atoms with E-state index >= 15 is 0 Å². The summed E-state index contributed by atoms with van der Waals surface area (Å²) in [5.41, 5.74) is -0.458. The minimum atomic E-state index is -0.989. The molecule has 0 spiro atoms. The van der Waals surface area contributed by atoms with Gasteiger partial charge >= 0.3 is 12.2 Å². The van der Waals surface area contributed by atoms with Crippen LogP contribution >= 0.6 is 11.6 Å². The number of halogens is 1. The molecular formula is C8H9ClN4O5. The lowest BCUT2D eigenvalue weighted by atomic mass is 10.6. The second-order valence-corrected chi connectivity index (χ2v) is 3.16. The Morgan fingerprint density at radius 2 is 2.17 bits per heavy atom. The Labute approximate surface area is 106 Å². The number of nitrogens with zero attached hydrogens (tertiary/aromatic N) is 3. The molecule has 9 nitrogen and oxygen atoms in total. The fourth-order valence-corrected chi connectivity index (χ4v) is 1.08. The topological polar surface area (TPSA) is 115 Å². The van der Waals surface area contributed by atoms with Crippen molar-refractivity contribution >= 4 is 29.6 Å². The Hall–Kier alpha value is -2.29. The Bertz CT molecular complexity index is 541. The summed E-state index contributed by atoms with van der Waals surface area (Å²) in [6.07, 6.45) is -1.83. The molecule has 1 heterocycles. The van der Waals surface area contributed by atoms with E-state index in [2.05, 4.69) is 24.8 Å². The molecule has 10 heteroatoms. The summed E-state index contributed by atoms with van der Waals surface area (Å²) >= 11 is 5.64. The van der Waals surface area contributed by atoms with Crippen molar-refractivity contribution in [3.63, 3.8) is 0 Å². The predicted molar refractivity (Wildman–Crippen MR) is 58.4 cm³/mol. The van der Waals surface area contributed by atoms with Gasteiger partial charge in [-0.05, 0) is 0 Å². The van der Waals surface area contributed by atoms with E-state index in [1.54, 1.807) is 0 Å². The van der Waals surface area contributed by atoms with Crippen molar-refractivity contribution in [2.24, 2.45) is 4.99 Å². The Kier molecular flexibility index (Phi) is 4.49. The molecule has 0 aliphatic rings. The molecule has 0 fully saturated rings. The van der Waals surface area contributed by atoms with Crippen LogP contribution < -0.4 is 10.9 Å². The number of carbonyl (C=O) groups excluding carboxylic acids is 2. The molecule has 0 aliphatic carbocycles. The van der Waals surface area contributed by atoms with Gasteiger partial charge in [0, 0.05) is 6.07 Å². The molecule has 2 N–H and O–H groups in total. The summed E-state index contributed by atoms with van der Waals surface area (Å²) in [4.78, 5) is 28.8. The first kappa shape index (κ1) is 13.8. The lowest BCUT2D eigenvalue weighted by Gasteiger charge is -2.07. The molecule has 0 unspecified atom stereocenters. The van der Waals surface area contributed by atoms with Crippen molar-refractivity contribution in [3.05, 3.63) is 16.8 Å². The van der Waals surface area contributed by atoms with E-state index in [1.807, 2.05) is 0 Å². The zero-order valence-electron chi connectivity index (χ0n) is 9.38. The molecule has 18 heavy (non-hydrogen) atoms. The van der Waals surface area contributed by atoms with Gasteiger partial charge in [0.15, 0.2) is 5.82 Å². The van der Waals surface area contributed by atoms with Gasteiger partial charge in [0.2, 0.25) is 0 Å². The van der Waals surface area contributed by atoms with E-state index < -0.39 is 17.8 Å². The number of hydrogen-bond donors (Lipinski definition) is 2. The van der Waals surface area contributed by atoms with Crippen LogP contribution in [0.15, 0.2) is 11.1 Å². The highest BCUT2D eigenvalue weighted by Crippen LogP contribution is 2.09. The lowest BCUT2D eigenvalue weighted by Crippen LogP contribution is -2.28. The van der Waals surface area contributed by atoms with Gasteiger partial charge in [-0.3, -0.25) is 5.32 Å². The molecule has 0 aromatic carbocycles. The normalized spacial score (nSPS) is 10.9. The predicted octanol–water partition coefficient (Wildman–Crippen LogP) is 0.619. The number of methoxy groups -OCH3 is 2. The van der Waals surface area contributed by atoms with Crippen LogP contribution in [0.2, 0.25) is 5.15 Å². The third-order valence-electron chi connectivity index (χ3n) is 1.66.